The third-order valence-electron chi connectivity index (χ3n) is 2.98. The van der Waals surface area contributed by atoms with Gasteiger partial charge >= 0.3 is 0 Å². The van der Waals surface area contributed by atoms with Crippen molar-refractivity contribution in [3.8, 4) is 0 Å². The molecule has 2 N–H and O–H groups in total. The van der Waals surface area contributed by atoms with Gasteiger partial charge in [0.2, 0.25) is 10.0 Å². The Hall–Kier alpha value is -0.820. The monoisotopic (exact) mass is 290 g/mol. The van der Waals surface area contributed by atoms with E-state index in [1.165, 1.54) is 0 Å². The summed E-state index contributed by atoms with van der Waals surface area (Å²) in [5.74, 6) is 1.06. The summed E-state index contributed by atoms with van der Waals surface area (Å²) in [6, 6.07) is 0. The molecule has 1 aliphatic rings. The fourth-order valence-electron chi connectivity index (χ4n) is 1.93. The third kappa shape index (κ3) is 5.78. The van der Waals surface area contributed by atoms with Gasteiger partial charge in [0.25, 0.3) is 0 Å². The second kappa shape index (κ2) is 8.37. The van der Waals surface area contributed by atoms with Crippen LogP contribution in [-0.4, -0.2) is 57.2 Å². The summed E-state index contributed by atoms with van der Waals surface area (Å²) in [7, 11) is -2.99. The first-order valence-electron chi connectivity index (χ1n) is 7.10. The average Bonchev–Trinajstić information content (AvgIpc) is 2.69. The van der Waals surface area contributed by atoms with Crippen LogP contribution in [0.15, 0.2) is 4.99 Å². The molecule has 0 bridgehead atoms. The van der Waals surface area contributed by atoms with E-state index in [1.54, 1.807) is 4.31 Å². The Morgan fingerprint density at radius 2 is 2.11 bits per heavy atom. The van der Waals surface area contributed by atoms with Crippen LogP contribution >= 0.6 is 0 Å². The minimum Gasteiger partial charge on any atom is -0.357 e. The van der Waals surface area contributed by atoms with Gasteiger partial charge in [-0.2, -0.15) is 0 Å². The molecule has 0 saturated carbocycles. The molecule has 0 atom stereocenters. The maximum atomic E-state index is 11.6. The summed E-state index contributed by atoms with van der Waals surface area (Å²) in [6.07, 6.45) is 2.93. The molecule has 0 amide bonds. The van der Waals surface area contributed by atoms with Crippen molar-refractivity contribution in [1.29, 1.82) is 0 Å². The summed E-state index contributed by atoms with van der Waals surface area (Å²) < 4.78 is 24.8. The first kappa shape index (κ1) is 16.2. The van der Waals surface area contributed by atoms with E-state index >= 15 is 0 Å². The van der Waals surface area contributed by atoms with Crippen molar-refractivity contribution >= 4 is 16.0 Å². The van der Waals surface area contributed by atoms with Gasteiger partial charge in [0.05, 0.1) is 5.75 Å². The normalized spacial score (nSPS) is 19.6. The minimum atomic E-state index is -2.99. The van der Waals surface area contributed by atoms with Crippen LogP contribution in [0.3, 0.4) is 0 Å². The lowest BCUT2D eigenvalue weighted by Gasteiger charge is -2.16. The highest BCUT2D eigenvalue weighted by Gasteiger charge is 2.27. The molecule has 0 radical (unpaired) electrons. The number of hydrogen-bond donors (Lipinski definition) is 2. The van der Waals surface area contributed by atoms with Gasteiger partial charge in [-0.15, -0.1) is 0 Å². The van der Waals surface area contributed by atoms with Crippen molar-refractivity contribution in [3.05, 3.63) is 0 Å². The molecule has 1 saturated heterocycles. The third-order valence-corrected chi connectivity index (χ3v) is 4.94. The first-order valence-corrected chi connectivity index (χ1v) is 8.71. The number of unbranched alkanes of at least 4 members (excludes halogenated alkanes) is 1. The van der Waals surface area contributed by atoms with Crippen molar-refractivity contribution in [1.82, 2.24) is 14.9 Å². The lowest BCUT2D eigenvalue weighted by molar-refractivity contribution is 0.445. The Bertz CT molecular complexity index is 381. The lowest BCUT2D eigenvalue weighted by atomic mass is 10.3. The van der Waals surface area contributed by atoms with Crippen LogP contribution in [0.5, 0.6) is 0 Å². The van der Waals surface area contributed by atoms with Gasteiger partial charge in [0.15, 0.2) is 5.96 Å². The Kier molecular flexibility index (Phi) is 7.15. The summed E-state index contributed by atoms with van der Waals surface area (Å²) >= 11 is 0. The second-order valence-electron chi connectivity index (χ2n) is 4.61. The van der Waals surface area contributed by atoms with Crippen LogP contribution in [-0.2, 0) is 10.0 Å². The summed E-state index contributed by atoms with van der Waals surface area (Å²) in [6.45, 7) is 7.51. The molecule has 1 fully saturated rings. The SMILES string of the molecule is CCCCN=C(NCC)NCCN1CCCS1(=O)=O. The maximum Gasteiger partial charge on any atom is 0.214 e. The molecule has 1 rings (SSSR count). The fraction of sp³-hybridized carbons (Fsp3) is 0.917. The highest BCUT2D eigenvalue weighted by Crippen LogP contribution is 2.11. The molecule has 0 aliphatic carbocycles. The minimum absolute atomic E-state index is 0.289. The number of sulfonamides is 1. The van der Waals surface area contributed by atoms with E-state index in [1.807, 2.05) is 6.92 Å². The van der Waals surface area contributed by atoms with Gasteiger partial charge in [0, 0.05) is 32.7 Å². The Balaban J connectivity index is 2.33. The zero-order valence-electron chi connectivity index (χ0n) is 12.0. The molecular weight excluding hydrogens is 264 g/mol. The Labute approximate surface area is 116 Å². The highest BCUT2D eigenvalue weighted by molar-refractivity contribution is 7.89. The number of nitrogens with zero attached hydrogens (tertiary/aromatic N) is 2. The maximum absolute atomic E-state index is 11.6. The van der Waals surface area contributed by atoms with Crippen molar-refractivity contribution in [3.63, 3.8) is 0 Å². The van der Waals surface area contributed by atoms with Crippen LogP contribution in [0.1, 0.15) is 33.1 Å². The second-order valence-corrected chi connectivity index (χ2v) is 6.70. The van der Waals surface area contributed by atoms with Crippen LogP contribution in [0, 0.1) is 0 Å². The Morgan fingerprint density at radius 3 is 2.68 bits per heavy atom. The van der Waals surface area contributed by atoms with Crippen LogP contribution in [0.4, 0.5) is 0 Å². The zero-order valence-corrected chi connectivity index (χ0v) is 12.8. The number of hydrogen-bond acceptors (Lipinski definition) is 3. The summed E-state index contributed by atoms with van der Waals surface area (Å²) in [5, 5.41) is 6.34. The van der Waals surface area contributed by atoms with Crippen molar-refractivity contribution in [2.24, 2.45) is 4.99 Å². The number of rotatable bonds is 7. The van der Waals surface area contributed by atoms with E-state index in [-0.39, 0.29) is 5.75 Å². The first-order chi connectivity index (χ1) is 9.10. The predicted molar refractivity (Wildman–Crippen MR) is 78.9 cm³/mol. The van der Waals surface area contributed by atoms with E-state index in [0.717, 1.165) is 38.3 Å². The van der Waals surface area contributed by atoms with E-state index in [9.17, 15) is 8.42 Å². The molecular formula is C12H26N4O2S. The molecule has 0 aromatic rings. The quantitative estimate of drug-likeness (QED) is 0.404. The molecule has 6 nitrogen and oxygen atoms in total. The predicted octanol–water partition coefficient (Wildman–Crippen LogP) is 0.377. The lowest BCUT2D eigenvalue weighted by Crippen LogP contribution is -2.42. The molecule has 1 heterocycles. The standard InChI is InChI=1S/C12H26N4O2S/c1-3-5-7-14-12(13-4-2)15-8-10-16-9-6-11-19(16,17)18/h3-11H2,1-2H3,(H2,13,14,15). The van der Waals surface area contributed by atoms with E-state index in [4.69, 9.17) is 0 Å². The van der Waals surface area contributed by atoms with E-state index < -0.39 is 10.0 Å². The molecule has 0 aromatic carbocycles. The average molecular weight is 290 g/mol. The van der Waals surface area contributed by atoms with Gasteiger partial charge in [-0.1, -0.05) is 13.3 Å². The topological polar surface area (TPSA) is 73.8 Å². The highest BCUT2D eigenvalue weighted by atomic mass is 32.2. The number of nitrogens with one attached hydrogen (secondary N) is 2. The van der Waals surface area contributed by atoms with E-state index in [0.29, 0.717) is 19.6 Å². The molecule has 1 aliphatic heterocycles. The van der Waals surface area contributed by atoms with Gasteiger partial charge in [-0.25, -0.2) is 12.7 Å². The van der Waals surface area contributed by atoms with Crippen LogP contribution in [0.25, 0.3) is 0 Å². The van der Waals surface area contributed by atoms with Crippen LogP contribution < -0.4 is 10.6 Å². The summed E-state index contributed by atoms with van der Waals surface area (Å²) in [5.41, 5.74) is 0. The molecule has 0 unspecified atom stereocenters. The van der Waals surface area contributed by atoms with Gasteiger partial charge in [-0.05, 0) is 19.8 Å². The van der Waals surface area contributed by atoms with Gasteiger partial charge in [-0.3, -0.25) is 4.99 Å². The van der Waals surface area contributed by atoms with Gasteiger partial charge in [0.1, 0.15) is 0 Å². The molecule has 7 heteroatoms. The van der Waals surface area contributed by atoms with Crippen molar-refractivity contribution in [2.45, 2.75) is 33.1 Å². The fourth-order valence-corrected chi connectivity index (χ4v) is 3.46. The molecule has 0 aromatic heterocycles. The van der Waals surface area contributed by atoms with Crippen LogP contribution in [0.2, 0.25) is 0 Å². The zero-order chi connectivity index (χ0) is 14.1. The molecule has 0 spiro atoms. The Morgan fingerprint density at radius 1 is 1.32 bits per heavy atom. The number of guanidine groups is 1. The van der Waals surface area contributed by atoms with Crippen molar-refractivity contribution in [2.75, 3.05) is 38.5 Å². The van der Waals surface area contributed by atoms with Crippen molar-refractivity contribution < 1.29 is 8.42 Å². The molecule has 112 valence electrons. The molecule has 19 heavy (non-hydrogen) atoms. The summed E-state index contributed by atoms with van der Waals surface area (Å²) in [4.78, 5) is 4.43. The van der Waals surface area contributed by atoms with Gasteiger partial charge < -0.3 is 10.6 Å². The number of aliphatic imine (C=N–C) groups is 1. The van der Waals surface area contributed by atoms with E-state index in [2.05, 4.69) is 22.5 Å². The smallest absolute Gasteiger partial charge is 0.214 e. The largest absolute Gasteiger partial charge is 0.357 e.